The number of anilines is 1. The van der Waals surface area contributed by atoms with Crippen LogP contribution in [0.3, 0.4) is 0 Å². The van der Waals surface area contributed by atoms with Gasteiger partial charge in [-0.1, -0.05) is 0 Å². The van der Waals surface area contributed by atoms with Gasteiger partial charge in [0, 0.05) is 6.04 Å². The summed E-state index contributed by atoms with van der Waals surface area (Å²) < 4.78 is 26.5. The Labute approximate surface area is 119 Å². The molecule has 0 atom stereocenters. The van der Waals surface area contributed by atoms with Crippen LogP contribution in [0.1, 0.15) is 25.0 Å². The van der Waals surface area contributed by atoms with Gasteiger partial charge in [0.1, 0.15) is 4.90 Å². The summed E-state index contributed by atoms with van der Waals surface area (Å²) in [6, 6.07) is 3.07. The highest BCUT2D eigenvalue weighted by Crippen LogP contribution is 2.22. The second-order valence-electron chi connectivity index (χ2n) is 5.02. The van der Waals surface area contributed by atoms with Crippen molar-refractivity contribution in [2.75, 3.05) is 12.3 Å². The molecular weight excluding hydrogens is 278 g/mol. The Balaban J connectivity index is 2.90. The van der Waals surface area contributed by atoms with E-state index in [1.54, 1.807) is 26.8 Å². The molecule has 0 spiro atoms. The first-order valence-corrected chi connectivity index (χ1v) is 7.77. The second kappa shape index (κ2) is 6.23. The van der Waals surface area contributed by atoms with E-state index in [2.05, 4.69) is 10.0 Å². The van der Waals surface area contributed by atoms with Crippen molar-refractivity contribution in [3.63, 3.8) is 0 Å². The second-order valence-corrected chi connectivity index (χ2v) is 6.76. The molecule has 20 heavy (non-hydrogen) atoms. The van der Waals surface area contributed by atoms with Crippen LogP contribution in [-0.4, -0.2) is 26.9 Å². The Hall–Kier alpha value is -1.60. The van der Waals surface area contributed by atoms with Crippen LogP contribution >= 0.6 is 0 Å². The van der Waals surface area contributed by atoms with Crippen molar-refractivity contribution in [1.29, 1.82) is 0 Å². The molecule has 0 aliphatic carbocycles. The molecule has 112 valence electrons. The normalized spacial score (nSPS) is 11.7. The molecule has 0 saturated heterocycles. The van der Waals surface area contributed by atoms with Crippen LogP contribution in [-0.2, 0) is 14.8 Å². The SMILES string of the molecule is Cc1cc(N)c(S(=O)(=O)NCC(=O)NC(C)C)cc1C. The highest BCUT2D eigenvalue weighted by molar-refractivity contribution is 7.89. The lowest BCUT2D eigenvalue weighted by atomic mass is 10.1. The average Bonchev–Trinajstić information content (AvgIpc) is 2.30. The Morgan fingerprint density at radius 3 is 2.35 bits per heavy atom. The third kappa shape index (κ3) is 4.21. The molecule has 6 nitrogen and oxygen atoms in total. The maximum Gasteiger partial charge on any atom is 0.243 e. The molecule has 7 heteroatoms. The van der Waals surface area contributed by atoms with E-state index in [1.807, 2.05) is 6.92 Å². The molecule has 0 bridgehead atoms. The first kappa shape index (κ1) is 16.5. The van der Waals surface area contributed by atoms with Crippen molar-refractivity contribution in [1.82, 2.24) is 10.0 Å². The number of hydrogen-bond acceptors (Lipinski definition) is 4. The number of nitrogens with two attached hydrogens (primary N) is 1. The van der Waals surface area contributed by atoms with E-state index in [1.165, 1.54) is 6.07 Å². The number of amides is 1. The molecule has 0 aliphatic heterocycles. The Morgan fingerprint density at radius 2 is 1.80 bits per heavy atom. The monoisotopic (exact) mass is 299 g/mol. The summed E-state index contributed by atoms with van der Waals surface area (Å²) in [7, 11) is -3.80. The summed E-state index contributed by atoms with van der Waals surface area (Å²) in [4.78, 5) is 11.5. The smallest absolute Gasteiger partial charge is 0.243 e. The van der Waals surface area contributed by atoms with Crippen molar-refractivity contribution in [2.24, 2.45) is 0 Å². The number of carbonyl (C=O) groups is 1. The van der Waals surface area contributed by atoms with Crippen LogP contribution in [0.5, 0.6) is 0 Å². The third-order valence-corrected chi connectivity index (χ3v) is 4.25. The molecule has 0 fully saturated rings. The lowest BCUT2D eigenvalue weighted by Crippen LogP contribution is -2.39. The highest BCUT2D eigenvalue weighted by atomic mass is 32.2. The number of benzene rings is 1. The molecule has 0 radical (unpaired) electrons. The lowest BCUT2D eigenvalue weighted by molar-refractivity contribution is -0.120. The topological polar surface area (TPSA) is 101 Å². The number of nitrogens with one attached hydrogen (secondary N) is 2. The van der Waals surface area contributed by atoms with E-state index in [0.29, 0.717) is 0 Å². The van der Waals surface area contributed by atoms with Crippen molar-refractivity contribution in [3.8, 4) is 0 Å². The van der Waals surface area contributed by atoms with Crippen LogP contribution in [0.2, 0.25) is 0 Å². The Kier molecular flexibility index (Phi) is 5.13. The zero-order valence-electron chi connectivity index (χ0n) is 12.1. The molecule has 0 aliphatic rings. The molecule has 1 aromatic rings. The minimum absolute atomic E-state index is 0.00190. The van der Waals surface area contributed by atoms with Crippen LogP contribution < -0.4 is 15.8 Å². The lowest BCUT2D eigenvalue weighted by Gasteiger charge is -2.12. The van der Waals surface area contributed by atoms with Gasteiger partial charge in [-0.25, -0.2) is 13.1 Å². The highest BCUT2D eigenvalue weighted by Gasteiger charge is 2.19. The zero-order valence-corrected chi connectivity index (χ0v) is 13.0. The minimum Gasteiger partial charge on any atom is -0.398 e. The molecule has 0 heterocycles. The maximum absolute atomic E-state index is 12.1. The molecule has 0 unspecified atom stereocenters. The predicted octanol–water partition coefficient (Wildman–Crippen LogP) is 0.689. The number of nitrogen functional groups attached to an aromatic ring is 1. The molecular formula is C13H21N3O3S. The fourth-order valence-electron chi connectivity index (χ4n) is 1.66. The van der Waals surface area contributed by atoms with E-state index in [4.69, 9.17) is 5.73 Å². The Morgan fingerprint density at radius 1 is 1.25 bits per heavy atom. The predicted molar refractivity (Wildman–Crippen MR) is 78.8 cm³/mol. The third-order valence-electron chi connectivity index (χ3n) is 2.79. The van der Waals surface area contributed by atoms with Gasteiger partial charge in [0.05, 0.1) is 12.2 Å². The maximum atomic E-state index is 12.1. The van der Waals surface area contributed by atoms with Crippen molar-refractivity contribution in [3.05, 3.63) is 23.3 Å². The minimum atomic E-state index is -3.80. The first-order valence-electron chi connectivity index (χ1n) is 6.29. The fourth-order valence-corrected chi connectivity index (χ4v) is 2.83. The van der Waals surface area contributed by atoms with Gasteiger partial charge in [0.25, 0.3) is 0 Å². The van der Waals surface area contributed by atoms with Gasteiger partial charge in [-0.2, -0.15) is 0 Å². The van der Waals surface area contributed by atoms with Crippen LogP contribution in [0, 0.1) is 13.8 Å². The van der Waals surface area contributed by atoms with Gasteiger partial charge in [-0.05, 0) is 51.0 Å². The van der Waals surface area contributed by atoms with E-state index in [9.17, 15) is 13.2 Å². The standard InChI is InChI=1S/C13H21N3O3S/c1-8(2)16-13(17)7-15-20(18,19)12-6-10(4)9(3)5-11(12)14/h5-6,8,15H,7,14H2,1-4H3,(H,16,17). The van der Waals surface area contributed by atoms with E-state index in [0.717, 1.165) is 11.1 Å². The molecule has 1 rings (SSSR count). The summed E-state index contributed by atoms with van der Waals surface area (Å²) in [6.07, 6.45) is 0. The molecule has 0 saturated carbocycles. The first-order chi connectivity index (χ1) is 9.13. The molecule has 0 aromatic heterocycles. The van der Waals surface area contributed by atoms with Gasteiger partial charge in [0.15, 0.2) is 0 Å². The Bertz CT molecular complexity index is 610. The zero-order chi connectivity index (χ0) is 15.5. The van der Waals surface area contributed by atoms with Gasteiger partial charge < -0.3 is 11.1 Å². The number of carbonyl (C=O) groups excluding carboxylic acids is 1. The number of sulfonamides is 1. The van der Waals surface area contributed by atoms with Crippen LogP contribution in [0.25, 0.3) is 0 Å². The van der Waals surface area contributed by atoms with Crippen LogP contribution in [0.15, 0.2) is 17.0 Å². The quantitative estimate of drug-likeness (QED) is 0.696. The van der Waals surface area contributed by atoms with E-state index < -0.39 is 10.0 Å². The van der Waals surface area contributed by atoms with Gasteiger partial charge in [-0.15, -0.1) is 0 Å². The number of rotatable bonds is 5. The summed E-state index contributed by atoms with van der Waals surface area (Å²) in [5, 5.41) is 2.60. The van der Waals surface area contributed by atoms with E-state index >= 15 is 0 Å². The van der Waals surface area contributed by atoms with Crippen molar-refractivity contribution >= 4 is 21.6 Å². The van der Waals surface area contributed by atoms with Crippen molar-refractivity contribution < 1.29 is 13.2 Å². The average molecular weight is 299 g/mol. The summed E-state index contributed by atoms with van der Waals surface area (Å²) in [5.41, 5.74) is 7.66. The van der Waals surface area contributed by atoms with Crippen molar-refractivity contribution in [2.45, 2.75) is 38.6 Å². The molecule has 4 N–H and O–H groups in total. The summed E-state index contributed by atoms with van der Waals surface area (Å²) in [6.45, 7) is 6.94. The summed E-state index contributed by atoms with van der Waals surface area (Å²) in [5.74, 6) is -0.383. The summed E-state index contributed by atoms with van der Waals surface area (Å²) >= 11 is 0. The number of hydrogen-bond donors (Lipinski definition) is 3. The van der Waals surface area contributed by atoms with Crippen LogP contribution in [0.4, 0.5) is 5.69 Å². The fraction of sp³-hybridized carbons (Fsp3) is 0.462. The molecule has 1 aromatic carbocycles. The number of aryl methyl sites for hydroxylation is 2. The largest absolute Gasteiger partial charge is 0.398 e. The molecule has 1 amide bonds. The van der Waals surface area contributed by atoms with E-state index in [-0.39, 0.29) is 29.1 Å². The van der Waals surface area contributed by atoms with Gasteiger partial charge in [-0.3, -0.25) is 4.79 Å². The van der Waals surface area contributed by atoms with Gasteiger partial charge >= 0.3 is 0 Å². The van der Waals surface area contributed by atoms with Gasteiger partial charge in [0.2, 0.25) is 15.9 Å².